The fraction of sp³-hybridized carbons (Fsp3) is 0.125. The Balaban J connectivity index is 1.90. The maximum Gasteiger partial charge on any atom is 0.257 e. The Morgan fingerprint density at radius 3 is 2.64 bits per heavy atom. The van der Waals surface area contributed by atoms with Gasteiger partial charge in [0.15, 0.2) is 16.8 Å². The second kappa shape index (κ2) is 5.46. The highest BCUT2D eigenvalue weighted by Crippen LogP contribution is 2.29. The molecule has 2 aromatic carbocycles. The molecule has 0 atom stereocenters. The van der Waals surface area contributed by atoms with Crippen LogP contribution in [-0.2, 0) is 0 Å². The second-order valence-corrected chi connectivity index (χ2v) is 6.06. The highest BCUT2D eigenvalue weighted by molar-refractivity contribution is 7.22. The number of hydrogen-bond acceptors (Lipinski definition) is 3. The van der Waals surface area contributed by atoms with Crippen molar-refractivity contribution in [3.8, 4) is 0 Å². The molecule has 0 aliphatic heterocycles. The molecule has 1 amide bonds. The van der Waals surface area contributed by atoms with E-state index >= 15 is 0 Å². The third-order valence-corrected chi connectivity index (χ3v) is 4.15. The van der Waals surface area contributed by atoms with E-state index in [1.807, 2.05) is 26.0 Å². The number of fused-ring (bicyclic) bond motifs is 1. The van der Waals surface area contributed by atoms with Gasteiger partial charge < -0.3 is 0 Å². The molecule has 0 saturated carbocycles. The maximum atomic E-state index is 13.2. The number of thiazole rings is 1. The van der Waals surface area contributed by atoms with Crippen LogP contribution in [0.1, 0.15) is 21.5 Å². The maximum absolute atomic E-state index is 13.2. The zero-order valence-electron chi connectivity index (χ0n) is 11.9. The largest absolute Gasteiger partial charge is 0.298 e. The molecule has 1 aromatic heterocycles. The van der Waals surface area contributed by atoms with Gasteiger partial charge in [0.25, 0.3) is 5.91 Å². The van der Waals surface area contributed by atoms with Crippen molar-refractivity contribution in [1.29, 1.82) is 0 Å². The number of benzene rings is 2. The summed E-state index contributed by atoms with van der Waals surface area (Å²) in [5.74, 6) is -2.56. The lowest BCUT2D eigenvalue weighted by Crippen LogP contribution is -2.12. The second-order valence-electron chi connectivity index (χ2n) is 5.03. The monoisotopic (exact) mass is 318 g/mol. The number of carbonyl (C=O) groups is 1. The average Bonchev–Trinajstić information content (AvgIpc) is 2.84. The lowest BCUT2D eigenvalue weighted by atomic mass is 10.1. The summed E-state index contributed by atoms with van der Waals surface area (Å²) in [4.78, 5) is 16.5. The highest BCUT2D eigenvalue weighted by atomic mass is 32.1. The lowest BCUT2D eigenvalue weighted by Gasteiger charge is -2.02. The molecule has 0 saturated heterocycles. The Hall–Kier alpha value is -2.34. The van der Waals surface area contributed by atoms with E-state index in [1.54, 1.807) is 0 Å². The van der Waals surface area contributed by atoms with Crippen LogP contribution in [0.4, 0.5) is 13.9 Å². The van der Waals surface area contributed by atoms with Crippen molar-refractivity contribution in [3.63, 3.8) is 0 Å². The average molecular weight is 318 g/mol. The Morgan fingerprint density at radius 2 is 1.91 bits per heavy atom. The van der Waals surface area contributed by atoms with Crippen molar-refractivity contribution in [1.82, 2.24) is 4.98 Å². The van der Waals surface area contributed by atoms with Crippen LogP contribution in [0.15, 0.2) is 30.3 Å². The van der Waals surface area contributed by atoms with Gasteiger partial charge in [-0.15, -0.1) is 0 Å². The molecule has 0 radical (unpaired) electrons. The third-order valence-electron chi connectivity index (χ3n) is 3.23. The van der Waals surface area contributed by atoms with Crippen LogP contribution in [-0.4, -0.2) is 10.9 Å². The van der Waals surface area contributed by atoms with Crippen molar-refractivity contribution in [2.24, 2.45) is 0 Å². The van der Waals surface area contributed by atoms with Gasteiger partial charge >= 0.3 is 0 Å². The summed E-state index contributed by atoms with van der Waals surface area (Å²) in [6.07, 6.45) is 0. The highest BCUT2D eigenvalue weighted by Gasteiger charge is 2.13. The standard InChI is InChI=1S/C16H12F2N2OS/c1-8-5-9(2)14-13(6-8)22-16(19-14)20-15(21)10-3-4-11(17)12(18)7-10/h3-7H,1-2H3,(H,19,20,21). The molecular formula is C16H12F2N2OS. The van der Waals surface area contributed by atoms with Gasteiger partial charge in [-0.1, -0.05) is 17.4 Å². The topological polar surface area (TPSA) is 42.0 Å². The Morgan fingerprint density at radius 1 is 1.14 bits per heavy atom. The molecule has 6 heteroatoms. The molecule has 0 bridgehead atoms. The molecule has 3 aromatic rings. The summed E-state index contributed by atoms with van der Waals surface area (Å²) in [5, 5.41) is 3.05. The van der Waals surface area contributed by atoms with E-state index in [4.69, 9.17) is 0 Å². The Labute approximate surface area is 129 Å². The molecule has 1 N–H and O–H groups in total. The first-order valence-corrected chi connectivity index (χ1v) is 7.40. The van der Waals surface area contributed by atoms with Crippen LogP contribution in [0.5, 0.6) is 0 Å². The van der Waals surface area contributed by atoms with E-state index in [1.165, 1.54) is 17.4 Å². The van der Waals surface area contributed by atoms with Gasteiger partial charge in [-0.05, 0) is 49.2 Å². The van der Waals surface area contributed by atoms with Crippen molar-refractivity contribution >= 4 is 32.6 Å². The number of amides is 1. The lowest BCUT2D eigenvalue weighted by molar-refractivity contribution is 0.102. The van der Waals surface area contributed by atoms with Crippen molar-refractivity contribution in [2.45, 2.75) is 13.8 Å². The SMILES string of the molecule is Cc1cc(C)c2nc(NC(=O)c3ccc(F)c(F)c3)sc2c1. The summed E-state index contributed by atoms with van der Waals surface area (Å²) in [6, 6.07) is 7.04. The number of aromatic nitrogens is 1. The molecule has 112 valence electrons. The molecular weight excluding hydrogens is 306 g/mol. The van der Waals surface area contributed by atoms with Gasteiger partial charge in [0.1, 0.15) is 0 Å². The van der Waals surface area contributed by atoms with E-state index in [0.717, 1.165) is 33.5 Å². The van der Waals surface area contributed by atoms with E-state index in [2.05, 4.69) is 10.3 Å². The zero-order chi connectivity index (χ0) is 15.9. The van der Waals surface area contributed by atoms with Gasteiger partial charge in [0, 0.05) is 5.56 Å². The van der Waals surface area contributed by atoms with E-state index < -0.39 is 17.5 Å². The fourth-order valence-electron chi connectivity index (χ4n) is 2.23. The number of nitrogens with zero attached hydrogens (tertiary/aromatic N) is 1. The van der Waals surface area contributed by atoms with E-state index in [9.17, 15) is 13.6 Å². The molecule has 1 heterocycles. The van der Waals surface area contributed by atoms with Gasteiger partial charge in [0.2, 0.25) is 0 Å². The number of rotatable bonds is 2. The summed E-state index contributed by atoms with van der Waals surface area (Å²) >= 11 is 1.35. The molecule has 22 heavy (non-hydrogen) atoms. The van der Waals surface area contributed by atoms with Crippen LogP contribution in [0.25, 0.3) is 10.2 Å². The van der Waals surface area contributed by atoms with Crippen molar-refractivity contribution in [2.75, 3.05) is 5.32 Å². The van der Waals surface area contributed by atoms with Gasteiger partial charge in [-0.25, -0.2) is 13.8 Å². The van der Waals surface area contributed by atoms with Gasteiger partial charge in [-0.3, -0.25) is 10.1 Å². The first kappa shape index (κ1) is 14.6. The molecule has 3 nitrogen and oxygen atoms in total. The quantitative estimate of drug-likeness (QED) is 0.759. The van der Waals surface area contributed by atoms with Gasteiger partial charge in [0.05, 0.1) is 10.2 Å². The first-order chi connectivity index (χ1) is 10.4. The molecule has 0 spiro atoms. The van der Waals surface area contributed by atoms with Crippen molar-refractivity contribution in [3.05, 3.63) is 58.7 Å². The minimum atomic E-state index is -1.05. The molecule has 0 unspecified atom stereocenters. The molecule has 0 aliphatic rings. The van der Waals surface area contributed by atoms with Crippen molar-refractivity contribution < 1.29 is 13.6 Å². The Bertz CT molecular complexity index is 889. The van der Waals surface area contributed by atoms with Crippen LogP contribution in [0.3, 0.4) is 0 Å². The van der Waals surface area contributed by atoms with E-state index in [-0.39, 0.29) is 5.56 Å². The molecule has 0 fully saturated rings. The van der Waals surface area contributed by atoms with Crippen LogP contribution in [0, 0.1) is 25.5 Å². The first-order valence-electron chi connectivity index (χ1n) is 6.58. The summed E-state index contributed by atoms with van der Waals surface area (Å²) in [6.45, 7) is 3.95. The number of halogens is 2. The van der Waals surface area contributed by atoms with E-state index in [0.29, 0.717) is 5.13 Å². The Kier molecular flexibility index (Phi) is 3.62. The predicted molar refractivity (Wildman–Crippen MR) is 83.4 cm³/mol. The third kappa shape index (κ3) is 2.69. The summed E-state index contributed by atoms with van der Waals surface area (Å²) in [5.41, 5.74) is 3.02. The molecule has 0 aliphatic carbocycles. The fourth-order valence-corrected chi connectivity index (χ4v) is 3.27. The minimum Gasteiger partial charge on any atom is -0.298 e. The normalized spacial score (nSPS) is 10.9. The predicted octanol–water partition coefficient (Wildman–Crippen LogP) is 4.44. The number of nitrogens with one attached hydrogen (secondary N) is 1. The number of carbonyl (C=O) groups excluding carboxylic acids is 1. The minimum absolute atomic E-state index is 0.0473. The number of anilines is 1. The number of hydrogen-bond donors (Lipinski definition) is 1. The number of aryl methyl sites for hydroxylation is 2. The van der Waals surface area contributed by atoms with Gasteiger partial charge in [-0.2, -0.15) is 0 Å². The van der Waals surface area contributed by atoms with Crippen LogP contribution < -0.4 is 5.32 Å². The van der Waals surface area contributed by atoms with Crippen LogP contribution in [0.2, 0.25) is 0 Å². The zero-order valence-corrected chi connectivity index (χ0v) is 12.7. The smallest absolute Gasteiger partial charge is 0.257 e. The van der Waals surface area contributed by atoms with Crippen LogP contribution >= 0.6 is 11.3 Å². The molecule has 3 rings (SSSR count). The summed E-state index contributed by atoms with van der Waals surface area (Å²) in [7, 11) is 0. The summed E-state index contributed by atoms with van der Waals surface area (Å²) < 4.78 is 27.0.